The van der Waals surface area contributed by atoms with Crippen molar-refractivity contribution in [2.45, 2.75) is 0 Å². The molecule has 1 aromatic carbocycles. The van der Waals surface area contributed by atoms with Crippen LogP contribution in [-0.4, -0.2) is 8.76 Å². The second kappa shape index (κ2) is 4.30. The maximum atomic E-state index is 10.1. The van der Waals surface area contributed by atoms with E-state index in [1.165, 1.54) is 6.07 Å². The van der Waals surface area contributed by atoms with Crippen LogP contribution in [0.3, 0.4) is 0 Å². The van der Waals surface area contributed by atoms with Crippen LogP contribution in [0.25, 0.3) is 0 Å². The second-order valence-electron chi connectivity index (χ2n) is 1.88. The normalized spacial score (nSPS) is 12.2. The van der Waals surface area contributed by atoms with Gasteiger partial charge in [0.2, 0.25) is 0 Å². The zero-order chi connectivity index (χ0) is 8.97. The van der Waals surface area contributed by atoms with Crippen LogP contribution in [0.2, 0.25) is 0 Å². The predicted octanol–water partition coefficient (Wildman–Crippen LogP) is 1.43. The number of halogens is 1. The van der Waals surface area contributed by atoms with Crippen LogP contribution in [0.4, 0.5) is 5.69 Å². The smallest absolute Gasteiger partial charge is 0.163 e. The van der Waals surface area contributed by atoms with E-state index in [9.17, 15) is 8.76 Å². The van der Waals surface area contributed by atoms with E-state index >= 15 is 0 Å². The Balaban J connectivity index is 2.89. The lowest BCUT2D eigenvalue weighted by molar-refractivity contribution is 0.441. The number of hydrogen-bond donors (Lipinski definition) is 1. The van der Waals surface area contributed by atoms with E-state index < -0.39 is 11.4 Å². The average Bonchev–Trinajstić information content (AvgIpc) is 2.04. The summed E-state index contributed by atoms with van der Waals surface area (Å²) in [6.45, 7) is 0. The maximum absolute atomic E-state index is 10.1. The molecule has 12 heavy (non-hydrogen) atoms. The first-order chi connectivity index (χ1) is 5.74. The van der Waals surface area contributed by atoms with Crippen LogP contribution in [0, 0.1) is 0 Å². The van der Waals surface area contributed by atoms with Gasteiger partial charge in [-0.15, -0.1) is 0 Å². The molecule has 1 atom stereocenters. The largest absolute Gasteiger partial charge is 0.740 e. The number of nitrogens with one attached hydrogen (secondary N) is 1. The molecular weight excluding hydrogens is 202 g/mol. The standard InChI is InChI=1S/C6H6ClNO3S/c7-8-5-3-1-2-4-6(5)11-12(9)10/h1-4,8H,(H,9,10)/p-1. The number of rotatable bonds is 3. The van der Waals surface area contributed by atoms with Gasteiger partial charge in [0.25, 0.3) is 0 Å². The van der Waals surface area contributed by atoms with E-state index in [1.807, 2.05) is 0 Å². The molecule has 0 bridgehead atoms. The molecule has 6 heteroatoms. The summed E-state index contributed by atoms with van der Waals surface area (Å²) in [5.41, 5.74) is 0.406. The molecule has 0 radical (unpaired) electrons. The van der Waals surface area contributed by atoms with E-state index in [2.05, 4.69) is 9.02 Å². The van der Waals surface area contributed by atoms with Gasteiger partial charge in [-0.2, -0.15) is 0 Å². The van der Waals surface area contributed by atoms with Crippen molar-refractivity contribution in [3.63, 3.8) is 0 Å². The molecule has 1 rings (SSSR count). The van der Waals surface area contributed by atoms with Crippen molar-refractivity contribution in [3.8, 4) is 5.75 Å². The van der Waals surface area contributed by atoms with Gasteiger partial charge in [-0.05, 0) is 12.1 Å². The van der Waals surface area contributed by atoms with Crippen LogP contribution in [-0.2, 0) is 11.4 Å². The van der Waals surface area contributed by atoms with Crippen molar-refractivity contribution in [1.82, 2.24) is 0 Å². The summed E-state index contributed by atoms with van der Waals surface area (Å²) in [6.07, 6.45) is 0. The molecule has 66 valence electrons. The fourth-order valence-corrected chi connectivity index (χ4v) is 1.14. The molecule has 0 aliphatic heterocycles. The lowest BCUT2D eigenvalue weighted by Gasteiger charge is -2.09. The molecular formula is C6H5ClNO3S-. The van der Waals surface area contributed by atoms with Crippen LogP contribution in [0.5, 0.6) is 5.75 Å². The molecule has 0 amide bonds. The third-order valence-electron chi connectivity index (χ3n) is 1.15. The quantitative estimate of drug-likeness (QED) is 0.600. The zero-order valence-electron chi connectivity index (χ0n) is 5.82. The monoisotopic (exact) mass is 206 g/mol. The van der Waals surface area contributed by atoms with Crippen molar-refractivity contribution in [3.05, 3.63) is 24.3 Å². The SMILES string of the molecule is O=S([O-])Oc1ccccc1NCl. The van der Waals surface area contributed by atoms with Crippen molar-refractivity contribution >= 4 is 28.8 Å². The molecule has 0 fully saturated rings. The molecule has 0 heterocycles. The van der Waals surface area contributed by atoms with Gasteiger partial charge >= 0.3 is 0 Å². The van der Waals surface area contributed by atoms with Gasteiger partial charge < -0.3 is 8.74 Å². The first-order valence-corrected chi connectivity index (χ1v) is 4.35. The van der Waals surface area contributed by atoms with Gasteiger partial charge in [0.15, 0.2) is 5.75 Å². The van der Waals surface area contributed by atoms with Crippen molar-refractivity contribution in [1.29, 1.82) is 0 Å². The van der Waals surface area contributed by atoms with Gasteiger partial charge in [0.1, 0.15) is 11.4 Å². The number of para-hydroxylation sites is 2. The van der Waals surface area contributed by atoms with Gasteiger partial charge in [-0.3, -0.25) is 4.84 Å². The van der Waals surface area contributed by atoms with Crippen LogP contribution < -0.4 is 9.02 Å². The Hall–Kier alpha value is -0.780. The summed E-state index contributed by atoms with van der Waals surface area (Å²) in [5.74, 6) is 0.167. The molecule has 0 aliphatic carbocycles. The zero-order valence-corrected chi connectivity index (χ0v) is 7.39. The Bertz CT molecular complexity index is 294. The summed E-state index contributed by atoms with van der Waals surface area (Å²) >= 11 is 2.71. The lowest BCUT2D eigenvalue weighted by atomic mass is 10.3. The molecule has 0 aliphatic rings. The van der Waals surface area contributed by atoms with E-state index in [0.717, 1.165) is 0 Å². The minimum Gasteiger partial charge on any atom is -0.740 e. The van der Waals surface area contributed by atoms with Crippen LogP contribution >= 0.6 is 11.8 Å². The second-order valence-corrected chi connectivity index (χ2v) is 2.64. The minimum atomic E-state index is -2.58. The van der Waals surface area contributed by atoms with E-state index in [1.54, 1.807) is 18.2 Å². The van der Waals surface area contributed by atoms with Gasteiger partial charge in [-0.25, -0.2) is 4.21 Å². The molecule has 1 aromatic rings. The maximum Gasteiger partial charge on any atom is 0.163 e. The Labute approximate surface area is 77.1 Å². The topological polar surface area (TPSA) is 61.4 Å². The minimum absolute atomic E-state index is 0.167. The third-order valence-corrected chi connectivity index (χ3v) is 1.67. The molecule has 4 nitrogen and oxygen atoms in total. The summed E-state index contributed by atoms with van der Waals surface area (Å²) in [4.78, 5) is 2.27. The Morgan fingerprint density at radius 1 is 1.50 bits per heavy atom. The van der Waals surface area contributed by atoms with Gasteiger partial charge in [0.05, 0.1) is 5.69 Å². The van der Waals surface area contributed by atoms with Crippen molar-refractivity contribution in [2.24, 2.45) is 0 Å². The van der Waals surface area contributed by atoms with Crippen LogP contribution in [0.15, 0.2) is 24.3 Å². The van der Waals surface area contributed by atoms with Crippen molar-refractivity contribution in [2.75, 3.05) is 4.84 Å². The third kappa shape index (κ3) is 2.37. The summed E-state index contributed by atoms with van der Waals surface area (Å²) in [5, 5.41) is 0. The van der Waals surface area contributed by atoms with Crippen LogP contribution in [0.1, 0.15) is 0 Å². The summed E-state index contributed by atoms with van der Waals surface area (Å²) in [7, 11) is 0. The molecule has 0 saturated heterocycles. The molecule has 0 saturated carbocycles. The van der Waals surface area contributed by atoms with E-state index in [-0.39, 0.29) is 5.75 Å². The Kier molecular flexibility index (Phi) is 3.33. The van der Waals surface area contributed by atoms with Gasteiger partial charge in [-0.1, -0.05) is 12.1 Å². The lowest BCUT2D eigenvalue weighted by Crippen LogP contribution is -1.99. The summed E-state index contributed by atoms with van der Waals surface area (Å²) < 4.78 is 24.7. The molecule has 0 aromatic heterocycles. The Morgan fingerprint density at radius 2 is 2.17 bits per heavy atom. The molecule has 1 N–H and O–H groups in total. The highest BCUT2D eigenvalue weighted by atomic mass is 35.5. The fraction of sp³-hybridized carbons (Fsp3) is 0. The number of benzene rings is 1. The predicted molar refractivity (Wildman–Crippen MR) is 45.5 cm³/mol. The summed E-state index contributed by atoms with van der Waals surface area (Å²) in [6, 6.07) is 6.42. The highest BCUT2D eigenvalue weighted by Gasteiger charge is 2.00. The highest BCUT2D eigenvalue weighted by molar-refractivity contribution is 7.74. The Morgan fingerprint density at radius 3 is 2.75 bits per heavy atom. The first kappa shape index (κ1) is 9.31. The van der Waals surface area contributed by atoms with Gasteiger partial charge in [0, 0.05) is 11.8 Å². The highest BCUT2D eigenvalue weighted by Crippen LogP contribution is 2.24. The number of hydrogen-bond acceptors (Lipinski definition) is 4. The van der Waals surface area contributed by atoms with E-state index in [0.29, 0.717) is 5.69 Å². The number of anilines is 1. The fourth-order valence-electron chi connectivity index (χ4n) is 0.691. The average molecular weight is 207 g/mol. The van der Waals surface area contributed by atoms with E-state index in [4.69, 9.17) is 11.8 Å². The first-order valence-electron chi connectivity index (χ1n) is 2.97. The molecule has 0 spiro atoms. The van der Waals surface area contributed by atoms with Crippen molar-refractivity contribution < 1.29 is 12.9 Å². The molecule has 1 unspecified atom stereocenters.